The summed E-state index contributed by atoms with van der Waals surface area (Å²) in [5, 5.41) is 9.16. The Kier molecular flexibility index (Phi) is 5.04. The topological polar surface area (TPSA) is 76.1 Å². The van der Waals surface area contributed by atoms with Crippen molar-refractivity contribution in [2.24, 2.45) is 0 Å². The van der Waals surface area contributed by atoms with Gasteiger partial charge in [0.25, 0.3) is 0 Å². The fraction of sp³-hybridized carbons (Fsp3) is 0.556. The van der Waals surface area contributed by atoms with Crippen molar-refractivity contribution in [2.45, 2.75) is 50.4 Å². The number of rotatable bonds is 3. The van der Waals surface area contributed by atoms with E-state index in [4.69, 9.17) is 14.6 Å². The van der Waals surface area contributed by atoms with Crippen molar-refractivity contribution in [1.82, 2.24) is 4.90 Å². The van der Waals surface area contributed by atoms with E-state index in [2.05, 4.69) is 0 Å². The molecule has 6 heteroatoms. The first-order valence-corrected chi connectivity index (χ1v) is 8.44. The molecule has 0 bridgehead atoms. The van der Waals surface area contributed by atoms with Gasteiger partial charge in [0.05, 0.1) is 5.60 Å². The van der Waals surface area contributed by atoms with Crippen molar-refractivity contribution in [3.8, 4) is 0 Å². The van der Waals surface area contributed by atoms with Crippen LogP contribution in [0.3, 0.4) is 0 Å². The minimum Gasteiger partial charge on any atom is -0.479 e. The quantitative estimate of drug-likeness (QED) is 0.920. The summed E-state index contributed by atoms with van der Waals surface area (Å²) in [5.74, 6) is -0.890. The summed E-state index contributed by atoms with van der Waals surface area (Å²) >= 11 is 0. The number of aliphatic carboxylic acids is 1. The molecule has 2 aliphatic heterocycles. The number of carboxylic acid groups (broad SMARTS) is 1. The van der Waals surface area contributed by atoms with E-state index in [-0.39, 0.29) is 12.7 Å². The summed E-state index contributed by atoms with van der Waals surface area (Å²) in [6.45, 7) is 1.35. The molecule has 1 aromatic rings. The first-order chi connectivity index (χ1) is 11.6. The van der Waals surface area contributed by atoms with E-state index in [9.17, 15) is 9.59 Å². The van der Waals surface area contributed by atoms with Crippen LogP contribution in [0, 0.1) is 0 Å². The monoisotopic (exact) mass is 333 g/mol. The summed E-state index contributed by atoms with van der Waals surface area (Å²) in [7, 11) is 0. The van der Waals surface area contributed by atoms with Gasteiger partial charge in [0.15, 0.2) is 6.10 Å². The molecule has 1 aromatic carbocycles. The third kappa shape index (κ3) is 3.87. The second-order valence-corrected chi connectivity index (χ2v) is 6.55. The fourth-order valence-electron chi connectivity index (χ4n) is 3.48. The number of benzene rings is 1. The van der Waals surface area contributed by atoms with Gasteiger partial charge in [-0.1, -0.05) is 30.3 Å². The maximum Gasteiger partial charge on any atom is 0.410 e. The van der Waals surface area contributed by atoms with Gasteiger partial charge in [-0.2, -0.15) is 0 Å². The Labute approximate surface area is 141 Å². The third-order valence-electron chi connectivity index (χ3n) is 4.90. The lowest BCUT2D eigenvalue weighted by atomic mass is 9.83. The molecule has 2 heterocycles. The Balaban J connectivity index is 1.49. The number of piperidine rings is 1. The number of ether oxygens (including phenoxy) is 2. The summed E-state index contributed by atoms with van der Waals surface area (Å²) in [5.41, 5.74) is 0.566. The highest BCUT2D eigenvalue weighted by Gasteiger charge is 2.42. The molecule has 24 heavy (non-hydrogen) atoms. The first kappa shape index (κ1) is 16.8. The van der Waals surface area contributed by atoms with Crippen LogP contribution in [0.4, 0.5) is 4.79 Å². The molecule has 2 fully saturated rings. The summed E-state index contributed by atoms with van der Waals surface area (Å²) in [6, 6.07) is 9.57. The maximum absolute atomic E-state index is 12.2. The minimum atomic E-state index is -0.890. The second kappa shape index (κ2) is 7.21. The van der Waals surface area contributed by atoms with E-state index < -0.39 is 17.7 Å². The Morgan fingerprint density at radius 2 is 1.92 bits per heavy atom. The van der Waals surface area contributed by atoms with E-state index in [1.807, 2.05) is 30.3 Å². The number of hydrogen-bond acceptors (Lipinski definition) is 4. The van der Waals surface area contributed by atoms with E-state index >= 15 is 0 Å². The summed E-state index contributed by atoms with van der Waals surface area (Å²) in [4.78, 5) is 25.0. The van der Waals surface area contributed by atoms with Crippen molar-refractivity contribution in [2.75, 3.05) is 13.1 Å². The largest absolute Gasteiger partial charge is 0.479 e. The third-order valence-corrected chi connectivity index (χ3v) is 4.90. The summed E-state index contributed by atoms with van der Waals surface area (Å²) < 4.78 is 11.2. The Morgan fingerprint density at radius 1 is 1.21 bits per heavy atom. The van der Waals surface area contributed by atoms with Gasteiger partial charge < -0.3 is 19.5 Å². The van der Waals surface area contributed by atoms with Crippen LogP contribution in [-0.4, -0.2) is 46.9 Å². The van der Waals surface area contributed by atoms with Crippen LogP contribution in [0.1, 0.15) is 37.7 Å². The molecular formula is C18H23NO5. The molecule has 1 unspecified atom stereocenters. The normalized spacial score (nSPS) is 23.0. The predicted octanol–water partition coefficient (Wildman–Crippen LogP) is 2.81. The van der Waals surface area contributed by atoms with Crippen LogP contribution in [0.15, 0.2) is 30.3 Å². The molecule has 3 rings (SSSR count). The highest BCUT2D eigenvalue weighted by molar-refractivity contribution is 5.72. The van der Waals surface area contributed by atoms with Crippen molar-refractivity contribution < 1.29 is 24.2 Å². The van der Waals surface area contributed by atoms with Crippen molar-refractivity contribution in [3.05, 3.63) is 35.9 Å². The predicted molar refractivity (Wildman–Crippen MR) is 86.5 cm³/mol. The van der Waals surface area contributed by atoms with E-state index in [1.165, 1.54) is 0 Å². The molecule has 2 aliphatic rings. The molecule has 0 aromatic heterocycles. The lowest BCUT2D eigenvalue weighted by molar-refractivity contribution is -0.183. The molecular weight excluding hydrogens is 310 g/mol. The number of carbonyl (C=O) groups is 2. The molecule has 0 aliphatic carbocycles. The number of amides is 1. The molecule has 0 radical (unpaired) electrons. The van der Waals surface area contributed by atoms with Crippen molar-refractivity contribution >= 4 is 12.1 Å². The van der Waals surface area contributed by atoms with Gasteiger partial charge in [0.1, 0.15) is 6.61 Å². The molecule has 130 valence electrons. The van der Waals surface area contributed by atoms with E-state index in [0.717, 1.165) is 18.4 Å². The van der Waals surface area contributed by atoms with Crippen LogP contribution in [0.5, 0.6) is 0 Å². The molecule has 6 nitrogen and oxygen atoms in total. The Bertz CT molecular complexity index is 580. The van der Waals surface area contributed by atoms with Crippen LogP contribution in [0.2, 0.25) is 0 Å². The first-order valence-electron chi connectivity index (χ1n) is 8.44. The molecule has 1 atom stereocenters. The Hall–Kier alpha value is -2.08. The van der Waals surface area contributed by atoms with Gasteiger partial charge in [-0.25, -0.2) is 9.59 Å². The zero-order chi connectivity index (χ0) is 17.0. The lowest BCUT2D eigenvalue weighted by Gasteiger charge is -2.45. The summed E-state index contributed by atoms with van der Waals surface area (Å²) in [6.07, 6.45) is 2.59. The Morgan fingerprint density at radius 3 is 2.58 bits per heavy atom. The zero-order valence-corrected chi connectivity index (χ0v) is 13.6. The standard InChI is InChI=1S/C18H23NO5/c20-16(21)15-7-4-8-18(24-15)9-11-19(12-10-18)17(22)23-13-14-5-2-1-3-6-14/h1-3,5-6,15H,4,7-13H2,(H,20,21). The smallest absolute Gasteiger partial charge is 0.410 e. The van der Waals surface area contributed by atoms with Gasteiger partial charge in [-0.3, -0.25) is 0 Å². The van der Waals surface area contributed by atoms with Gasteiger partial charge in [-0.05, 0) is 37.7 Å². The number of carbonyl (C=O) groups excluding carboxylic acids is 1. The highest BCUT2D eigenvalue weighted by atomic mass is 16.6. The van der Waals surface area contributed by atoms with Gasteiger partial charge in [0.2, 0.25) is 0 Å². The van der Waals surface area contributed by atoms with E-state index in [0.29, 0.717) is 32.4 Å². The SMILES string of the molecule is O=C(O)C1CCCC2(CCN(C(=O)OCc3ccccc3)CC2)O1. The maximum atomic E-state index is 12.2. The van der Waals surface area contributed by atoms with Crippen LogP contribution in [0.25, 0.3) is 0 Å². The number of nitrogens with zero attached hydrogens (tertiary/aromatic N) is 1. The molecule has 2 saturated heterocycles. The number of likely N-dealkylation sites (tertiary alicyclic amines) is 1. The van der Waals surface area contributed by atoms with Crippen molar-refractivity contribution in [3.63, 3.8) is 0 Å². The fourth-order valence-corrected chi connectivity index (χ4v) is 3.48. The minimum absolute atomic E-state index is 0.263. The number of carboxylic acids is 1. The molecule has 1 spiro atoms. The average molecular weight is 333 g/mol. The molecule has 0 saturated carbocycles. The zero-order valence-electron chi connectivity index (χ0n) is 13.6. The van der Waals surface area contributed by atoms with Gasteiger partial charge >= 0.3 is 12.1 Å². The van der Waals surface area contributed by atoms with E-state index in [1.54, 1.807) is 4.90 Å². The second-order valence-electron chi connectivity index (χ2n) is 6.55. The van der Waals surface area contributed by atoms with Crippen molar-refractivity contribution in [1.29, 1.82) is 0 Å². The highest BCUT2D eigenvalue weighted by Crippen LogP contribution is 2.37. The lowest BCUT2D eigenvalue weighted by Crippen LogP contribution is -2.52. The van der Waals surface area contributed by atoms with Crippen LogP contribution < -0.4 is 0 Å². The molecule has 1 N–H and O–H groups in total. The van der Waals surface area contributed by atoms with Gasteiger partial charge in [0, 0.05) is 13.1 Å². The average Bonchev–Trinajstić information content (AvgIpc) is 2.61. The van der Waals surface area contributed by atoms with Crippen LogP contribution in [-0.2, 0) is 20.9 Å². The molecule has 1 amide bonds. The number of hydrogen-bond donors (Lipinski definition) is 1. The van der Waals surface area contributed by atoms with Gasteiger partial charge in [-0.15, -0.1) is 0 Å². The van der Waals surface area contributed by atoms with Crippen LogP contribution >= 0.6 is 0 Å².